The van der Waals surface area contributed by atoms with Gasteiger partial charge in [-0.1, -0.05) is 22.0 Å². The molecular weight excluding hydrogens is 438 g/mol. The van der Waals surface area contributed by atoms with Crippen molar-refractivity contribution in [3.8, 4) is 0 Å². The average molecular weight is 458 g/mol. The van der Waals surface area contributed by atoms with Crippen LogP contribution in [0.1, 0.15) is 11.4 Å². The number of hydrogen-bond donors (Lipinski definition) is 0. The second-order valence-electron chi connectivity index (χ2n) is 6.40. The summed E-state index contributed by atoms with van der Waals surface area (Å²) in [5, 5.41) is 15.4. The molecule has 2 aromatic rings. The minimum Gasteiger partial charge on any atom is -0.282 e. The minimum atomic E-state index is -3.54. The Bertz CT molecular complexity index is 967. The highest BCUT2D eigenvalue weighted by Crippen LogP contribution is 2.23. The van der Waals surface area contributed by atoms with Crippen molar-refractivity contribution in [3.05, 3.63) is 50.2 Å². The molecule has 2 heterocycles. The SMILES string of the molecule is Cc1nn(CN2CCN(S(=O)(=O)c3cccc(Br)c3)CC2)c(C)c1[N+](=O)[O-]. The third-order valence-corrected chi connectivity index (χ3v) is 7.01. The van der Waals surface area contributed by atoms with E-state index >= 15 is 0 Å². The van der Waals surface area contributed by atoms with Crippen molar-refractivity contribution < 1.29 is 13.3 Å². The van der Waals surface area contributed by atoms with E-state index in [9.17, 15) is 18.5 Å². The maximum atomic E-state index is 12.8. The molecule has 0 atom stereocenters. The zero-order chi connectivity index (χ0) is 19.8. The number of halogens is 1. The Morgan fingerprint density at radius 1 is 1.22 bits per heavy atom. The highest BCUT2D eigenvalue weighted by Gasteiger charge is 2.29. The fraction of sp³-hybridized carbons (Fsp3) is 0.438. The molecule has 1 saturated heterocycles. The number of aryl methyl sites for hydroxylation is 1. The van der Waals surface area contributed by atoms with Gasteiger partial charge in [0.2, 0.25) is 10.0 Å². The molecule has 1 aromatic carbocycles. The summed E-state index contributed by atoms with van der Waals surface area (Å²) in [4.78, 5) is 13.0. The molecule has 27 heavy (non-hydrogen) atoms. The third-order valence-electron chi connectivity index (χ3n) is 4.62. The maximum Gasteiger partial charge on any atom is 0.312 e. The smallest absolute Gasteiger partial charge is 0.282 e. The summed E-state index contributed by atoms with van der Waals surface area (Å²) in [5.74, 6) is 0. The summed E-state index contributed by atoms with van der Waals surface area (Å²) in [6, 6.07) is 6.66. The zero-order valence-electron chi connectivity index (χ0n) is 15.0. The van der Waals surface area contributed by atoms with Crippen molar-refractivity contribution >= 4 is 31.6 Å². The van der Waals surface area contributed by atoms with E-state index < -0.39 is 14.9 Å². The zero-order valence-corrected chi connectivity index (χ0v) is 17.4. The van der Waals surface area contributed by atoms with E-state index in [0.29, 0.717) is 48.7 Å². The van der Waals surface area contributed by atoms with Crippen LogP contribution < -0.4 is 0 Å². The summed E-state index contributed by atoms with van der Waals surface area (Å²) in [5.41, 5.74) is 0.918. The summed E-state index contributed by atoms with van der Waals surface area (Å²) >= 11 is 3.30. The van der Waals surface area contributed by atoms with Gasteiger partial charge in [-0.3, -0.25) is 15.0 Å². The van der Waals surface area contributed by atoms with Gasteiger partial charge in [-0.2, -0.15) is 9.40 Å². The molecule has 0 saturated carbocycles. The first-order valence-corrected chi connectivity index (χ1v) is 10.6. The Kier molecular flexibility index (Phi) is 5.65. The number of piperazine rings is 1. The van der Waals surface area contributed by atoms with E-state index in [4.69, 9.17) is 0 Å². The predicted octanol–water partition coefficient (Wildman–Crippen LogP) is 2.13. The molecular formula is C16H20BrN5O4S. The molecule has 1 aliphatic rings. The molecule has 1 aromatic heterocycles. The van der Waals surface area contributed by atoms with Gasteiger partial charge in [-0.25, -0.2) is 13.1 Å². The van der Waals surface area contributed by atoms with Crippen molar-refractivity contribution in [3.63, 3.8) is 0 Å². The molecule has 0 N–H and O–H groups in total. The number of benzene rings is 1. The quantitative estimate of drug-likeness (QED) is 0.503. The summed E-state index contributed by atoms with van der Waals surface area (Å²) in [6.45, 7) is 5.45. The van der Waals surface area contributed by atoms with Crippen LogP contribution in [0.25, 0.3) is 0 Å². The normalized spacial score (nSPS) is 16.6. The monoisotopic (exact) mass is 457 g/mol. The van der Waals surface area contributed by atoms with Crippen molar-refractivity contribution in [1.29, 1.82) is 0 Å². The molecule has 146 valence electrons. The summed E-state index contributed by atoms with van der Waals surface area (Å²) in [6.07, 6.45) is 0. The van der Waals surface area contributed by atoms with Gasteiger partial charge in [0.1, 0.15) is 11.4 Å². The second-order valence-corrected chi connectivity index (χ2v) is 9.25. The number of aromatic nitrogens is 2. The van der Waals surface area contributed by atoms with Crippen LogP contribution >= 0.6 is 15.9 Å². The molecule has 3 rings (SSSR count). The van der Waals surface area contributed by atoms with Crippen LogP contribution in [0.15, 0.2) is 33.6 Å². The molecule has 0 spiro atoms. The van der Waals surface area contributed by atoms with E-state index in [2.05, 4.69) is 21.0 Å². The Morgan fingerprint density at radius 2 is 1.89 bits per heavy atom. The van der Waals surface area contributed by atoms with Crippen molar-refractivity contribution in [1.82, 2.24) is 19.0 Å². The number of rotatable bonds is 5. The number of sulfonamides is 1. The molecule has 0 amide bonds. The largest absolute Gasteiger partial charge is 0.312 e. The van der Waals surface area contributed by atoms with Gasteiger partial charge < -0.3 is 0 Å². The van der Waals surface area contributed by atoms with Crippen LogP contribution in [0.3, 0.4) is 0 Å². The second kappa shape index (κ2) is 7.66. The van der Waals surface area contributed by atoms with Crippen molar-refractivity contribution in [2.24, 2.45) is 0 Å². The molecule has 0 radical (unpaired) electrons. The summed E-state index contributed by atoms with van der Waals surface area (Å²) in [7, 11) is -3.54. The van der Waals surface area contributed by atoms with E-state index in [-0.39, 0.29) is 10.6 Å². The van der Waals surface area contributed by atoms with Gasteiger partial charge >= 0.3 is 5.69 Å². The van der Waals surface area contributed by atoms with Crippen LogP contribution in [-0.2, 0) is 16.7 Å². The Morgan fingerprint density at radius 3 is 2.44 bits per heavy atom. The Hall–Kier alpha value is -1.82. The minimum absolute atomic E-state index is 0.0332. The number of hydrogen-bond acceptors (Lipinski definition) is 6. The van der Waals surface area contributed by atoms with Crippen molar-refractivity contribution in [2.45, 2.75) is 25.4 Å². The van der Waals surface area contributed by atoms with Crippen LogP contribution in [0.5, 0.6) is 0 Å². The van der Waals surface area contributed by atoms with Gasteiger partial charge in [0, 0.05) is 30.7 Å². The first-order valence-electron chi connectivity index (χ1n) is 8.36. The highest BCUT2D eigenvalue weighted by molar-refractivity contribution is 9.10. The number of nitro groups is 1. The topological polar surface area (TPSA) is 102 Å². The van der Waals surface area contributed by atoms with Crippen molar-refractivity contribution in [2.75, 3.05) is 26.2 Å². The molecule has 1 aliphatic heterocycles. The fourth-order valence-electron chi connectivity index (χ4n) is 3.17. The lowest BCUT2D eigenvalue weighted by Gasteiger charge is -2.33. The van der Waals surface area contributed by atoms with Gasteiger partial charge in [-0.15, -0.1) is 0 Å². The first kappa shape index (κ1) is 19.9. The lowest BCUT2D eigenvalue weighted by molar-refractivity contribution is -0.386. The van der Waals surface area contributed by atoms with E-state index in [1.165, 1.54) is 4.31 Å². The number of nitrogens with zero attached hydrogens (tertiary/aromatic N) is 5. The Labute approximate surface area is 165 Å². The summed E-state index contributed by atoms with van der Waals surface area (Å²) < 4.78 is 29.3. The van der Waals surface area contributed by atoms with Gasteiger partial charge in [0.05, 0.1) is 16.5 Å². The lowest BCUT2D eigenvalue weighted by Crippen LogP contribution is -2.49. The molecule has 11 heteroatoms. The van der Waals surface area contributed by atoms with Gasteiger partial charge in [-0.05, 0) is 32.0 Å². The fourth-order valence-corrected chi connectivity index (χ4v) is 5.19. The van der Waals surface area contributed by atoms with Crippen LogP contribution in [0.2, 0.25) is 0 Å². The van der Waals surface area contributed by atoms with Gasteiger partial charge in [0.25, 0.3) is 0 Å². The highest BCUT2D eigenvalue weighted by atomic mass is 79.9. The molecule has 0 bridgehead atoms. The van der Waals surface area contributed by atoms with Crippen LogP contribution in [-0.4, -0.2) is 58.5 Å². The average Bonchev–Trinajstić information content (AvgIpc) is 2.89. The molecule has 9 nitrogen and oxygen atoms in total. The standard InChI is InChI=1S/C16H20BrN5O4S/c1-12-16(22(23)24)13(2)21(18-12)11-19-6-8-20(9-7-19)27(25,26)15-5-3-4-14(17)10-15/h3-5,10H,6-9,11H2,1-2H3. The maximum absolute atomic E-state index is 12.8. The van der Waals surface area contributed by atoms with E-state index in [0.717, 1.165) is 0 Å². The lowest BCUT2D eigenvalue weighted by atomic mass is 10.3. The molecule has 0 aliphatic carbocycles. The van der Waals surface area contributed by atoms with Crippen LogP contribution in [0.4, 0.5) is 5.69 Å². The first-order chi connectivity index (χ1) is 12.7. The van der Waals surface area contributed by atoms with Gasteiger partial charge in [0.15, 0.2) is 0 Å². The molecule has 1 fully saturated rings. The van der Waals surface area contributed by atoms with E-state index in [1.807, 2.05) is 4.90 Å². The Balaban J connectivity index is 1.68. The van der Waals surface area contributed by atoms with E-state index in [1.54, 1.807) is 42.8 Å². The third kappa shape index (κ3) is 4.05. The molecule has 0 unspecified atom stereocenters. The van der Waals surface area contributed by atoms with Crippen LogP contribution in [0, 0.1) is 24.0 Å². The predicted molar refractivity (Wildman–Crippen MR) is 103 cm³/mol.